The lowest BCUT2D eigenvalue weighted by Crippen LogP contribution is -2.42. The Morgan fingerprint density at radius 2 is 1.36 bits per heavy atom. The van der Waals surface area contributed by atoms with Gasteiger partial charge in [0.15, 0.2) is 5.82 Å². The predicted molar refractivity (Wildman–Crippen MR) is 207 cm³/mol. The van der Waals surface area contributed by atoms with Crippen LogP contribution >= 0.6 is 0 Å². The Bertz CT molecular complexity index is 1820. The molecule has 0 fully saturated rings. The number of methoxy groups -OCH3 is 3. The molecule has 0 radical (unpaired) electrons. The van der Waals surface area contributed by atoms with Gasteiger partial charge < -0.3 is 19.3 Å². The molecule has 0 aliphatic carbocycles. The van der Waals surface area contributed by atoms with Crippen LogP contribution in [-0.2, 0) is 10.0 Å². The van der Waals surface area contributed by atoms with Gasteiger partial charge in [0.1, 0.15) is 33.9 Å². The van der Waals surface area contributed by atoms with Crippen molar-refractivity contribution in [3.63, 3.8) is 0 Å². The van der Waals surface area contributed by atoms with Crippen LogP contribution in [0.2, 0.25) is 0 Å². The Morgan fingerprint density at radius 3 is 1.92 bits per heavy atom. The lowest BCUT2D eigenvalue weighted by molar-refractivity contribution is 0.175. The van der Waals surface area contributed by atoms with Gasteiger partial charge in [0.25, 0.3) is 0 Å². The Balaban J connectivity index is 1.69. The van der Waals surface area contributed by atoms with Gasteiger partial charge in [0, 0.05) is 12.6 Å². The number of aliphatic hydroxyl groups excluding tert-OH is 1. The van der Waals surface area contributed by atoms with E-state index in [2.05, 4.69) is 36.0 Å². The zero-order valence-electron chi connectivity index (χ0n) is 32.2. The molecule has 1 N–H and O–H groups in total. The van der Waals surface area contributed by atoms with Crippen LogP contribution in [0, 0.1) is 11.2 Å². The van der Waals surface area contributed by atoms with Crippen molar-refractivity contribution in [3.8, 4) is 34.6 Å². The molecular weight excluding hydrogens is 698 g/mol. The largest absolute Gasteiger partial charge is 0.494 e. The number of nitrogens with zero attached hydrogens (tertiary/aromatic N) is 5. The SMILES string of the molecule is COc1cccc(-c2nnc(N(CCCCCCCCCCCC(C)(C)C)S(=O)(=O)[C@@H](C)[C@H](O)c3ccc(F)cc3)n2-c2c(OC)cccc2OC)n1. The number of hydrogen-bond acceptors (Lipinski definition) is 9. The second-order valence-electron chi connectivity index (χ2n) is 14.5. The second-order valence-corrected chi connectivity index (χ2v) is 16.8. The second kappa shape index (κ2) is 19.2. The van der Waals surface area contributed by atoms with Gasteiger partial charge in [-0.15, -0.1) is 10.2 Å². The smallest absolute Gasteiger partial charge is 0.246 e. The van der Waals surface area contributed by atoms with Gasteiger partial charge >= 0.3 is 0 Å². The molecular formula is C40H56FN5O6S. The monoisotopic (exact) mass is 753 g/mol. The fourth-order valence-electron chi connectivity index (χ4n) is 6.30. The van der Waals surface area contributed by atoms with Gasteiger partial charge in [-0.2, -0.15) is 0 Å². The number of aliphatic hydroxyl groups is 1. The molecule has 2 aromatic carbocycles. The molecule has 4 rings (SSSR count). The van der Waals surface area contributed by atoms with Gasteiger partial charge in [-0.1, -0.05) is 96.4 Å². The summed E-state index contributed by atoms with van der Waals surface area (Å²) in [6, 6.07) is 15.5. The number of pyridine rings is 1. The van der Waals surface area contributed by atoms with E-state index in [1.54, 1.807) is 41.0 Å². The average Bonchev–Trinajstić information content (AvgIpc) is 3.58. The summed E-state index contributed by atoms with van der Waals surface area (Å²) in [6.45, 7) is 8.35. The molecule has 0 aliphatic rings. The molecule has 53 heavy (non-hydrogen) atoms. The van der Waals surface area contributed by atoms with E-state index < -0.39 is 27.2 Å². The van der Waals surface area contributed by atoms with Crippen LogP contribution in [0.15, 0.2) is 60.7 Å². The molecule has 0 bridgehead atoms. The van der Waals surface area contributed by atoms with Crippen molar-refractivity contribution in [1.29, 1.82) is 0 Å². The normalized spacial score (nSPS) is 13.1. The van der Waals surface area contributed by atoms with Crippen molar-refractivity contribution < 1.29 is 32.1 Å². The topological polar surface area (TPSA) is 129 Å². The van der Waals surface area contributed by atoms with E-state index in [0.29, 0.717) is 40.6 Å². The van der Waals surface area contributed by atoms with E-state index in [0.717, 1.165) is 25.7 Å². The summed E-state index contributed by atoms with van der Waals surface area (Å²) >= 11 is 0. The zero-order chi connectivity index (χ0) is 38.6. The number of halogens is 1. The molecule has 0 amide bonds. The highest BCUT2D eigenvalue weighted by molar-refractivity contribution is 7.93. The maximum atomic E-state index is 14.7. The summed E-state index contributed by atoms with van der Waals surface area (Å²) in [4.78, 5) is 4.58. The van der Waals surface area contributed by atoms with Crippen LogP contribution in [0.3, 0.4) is 0 Å². The van der Waals surface area contributed by atoms with Crippen molar-refractivity contribution in [3.05, 3.63) is 72.0 Å². The molecule has 4 aromatic rings. The van der Waals surface area contributed by atoms with E-state index in [1.165, 1.54) is 88.9 Å². The maximum absolute atomic E-state index is 14.7. The minimum atomic E-state index is -4.34. The summed E-state index contributed by atoms with van der Waals surface area (Å²) in [7, 11) is 0.172. The van der Waals surface area contributed by atoms with Gasteiger partial charge in [-0.3, -0.25) is 4.57 Å². The Kier molecular flexibility index (Phi) is 15.0. The first-order valence-corrected chi connectivity index (χ1v) is 20.0. The molecule has 2 heterocycles. The highest BCUT2D eigenvalue weighted by atomic mass is 32.2. The Morgan fingerprint density at radius 1 is 0.792 bits per heavy atom. The molecule has 2 aromatic heterocycles. The summed E-state index contributed by atoms with van der Waals surface area (Å²) in [5.74, 6) is 0.790. The quantitative estimate of drug-likeness (QED) is 0.0831. The number of para-hydroxylation sites is 1. The fourth-order valence-corrected chi connectivity index (χ4v) is 7.91. The third-order valence-corrected chi connectivity index (χ3v) is 11.5. The number of unbranched alkanes of at least 4 members (excludes halogenated alkanes) is 8. The first kappa shape index (κ1) is 41.5. The Labute approximate surface area is 314 Å². The van der Waals surface area contributed by atoms with Crippen LogP contribution < -0.4 is 18.5 Å². The van der Waals surface area contributed by atoms with E-state index in [4.69, 9.17) is 14.2 Å². The average molecular weight is 754 g/mol. The van der Waals surface area contributed by atoms with Crippen LogP contribution in [0.4, 0.5) is 10.3 Å². The van der Waals surface area contributed by atoms with Gasteiger partial charge in [0.05, 0.1) is 27.4 Å². The number of benzene rings is 2. The number of aromatic nitrogens is 4. The maximum Gasteiger partial charge on any atom is 0.246 e. The molecule has 0 spiro atoms. The number of ether oxygens (including phenoxy) is 3. The third kappa shape index (κ3) is 10.9. The highest BCUT2D eigenvalue weighted by Gasteiger charge is 2.38. The van der Waals surface area contributed by atoms with E-state index in [-0.39, 0.29) is 23.9 Å². The first-order chi connectivity index (χ1) is 25.3. The van der Waals surface area contributed by atoms with E-state index in [9.17, 15) is 17.9 Å². The van der Waals surface area contributed by atoms with Crippen LogP contribution in [0.1, 0.15) is 104 Å². The van der Waals surface area contributed by atoms with Crippen molar-refractivity contribution >= 4 is 16.0 Å². The fraction of sp³-hybridized carbons (Fsp3) is 0.525. The van der Waals surface area contributed by atoms with Crippen molar-refractivity contribution in [2.45, 2.75) is 103 Å². The molecule has 290 valence electrons. The van der Waals surface area contributed by atoms with E-state index in [1.807, 2.05) is 0 Å². The first-order valence-electron chi connectivity index (χ1n) is 18.5. The number of hydrogen-bond donors (Lipinski definition) is 1. The van der Waals surface area contributed by atoms with Crippen LogP contribution in [0.5, 0.6) is 17.4 Å². The van der Waals surface area contributed by atoms with Gasteiger partial charge in [0.2, 0.25) is 21.9 Å². The van der Waals surface area contributed by atoms with Crippen LogP contribution in [-0.4, -0.2) is 66.4 Å². The minimum absolute atomic E-state index is 0.0270. The summed E-state index contributed by atoms with van der Waals surface area (Å²) < 4.78 is 62.9. The molecule has 2 atom stereocenters. The predicted octanol–water partition coefficient (Wildman–Crippen LogP) is 8.70. The molecule has 0 unspecified atom stereocenters. The number of sulfonamides is 1. The van der Waals surface area contributed by atoms with Gasteiger partial charge in [-0.25, -0.2) is 22.1 Å². The third-order valence-electron chi connectivity index (χ3n) is 9.38. The zero-order valence-corrected chi connectivity index (χ0v) is 33.0. The van der Waals surface area contributed by atoms with Crippen molar-refractivity contribution in [1.82, 2.24) is 19.7 Å². The lowest BCUT2D eigenvalue weighted by Gasteiger charge is -2.30. The summed E-state index contributed by atoms with van der Waals surface area (Å²) in [5, 5.41) is 19.0. The van der Waals surface area contributed by atoms with Crippen LogP contribution in [0.25, 0.3) is 17.2 Å². The lowest BCUT2D eigenvalue weighted by atomic mass is 9.89. The summed E-state index contributed by atoms with van der Waals surface area (Å²) in [6.07, 6.45) is 9.18. The number of anilines is 1. The van der Waals surface area contributed by atoms with Gasteiger partial charge in [-0.05, 0) is 61.1 Å². The molecule has 13 heteroatoms. The highest BCUT2D eigenvalue weighted by Crippen LogP contribution is 2.40. The van der Waals surface area contributed by atoms with Crippen molar-refractivity contribution in [2.24, 2.45) is 5.41 Å². The molecule has 0 saturated heterocycles. The summed E-state index contributed by atoms with van der Waals surface area (Å²) in [5.41, 5.74) is 1.38. The Hall–Kier alpha value is -4.23. The van der Waals surface area contributed by atoms with Crippen molar-refractivity contribution in [2.75, 3.05) is 32.2 Å². The molecule has 11 nitrogen and oxygen atoms in total. The minimum Gasteiger partial charge on any atom is -0.494 e. The van der Waals surface area contributed by atoms with E-state index >= 15 is 0 Å². The number of rotatable bonds is 21. The standard InChI is InChI=1S/C40H56FN5O6S/c1-29(37(47)30-23-25-31(41)26-24-30)53(48,49)45(28-16-14-12-10-8-9-11-13-15-27-40(2,3)4)39-44-43-38(32-19-17-22-35(42-32)52-7)46(39)36-33(50-5)20-18-21-34(36)51-6/h17-26,29,37,47H,8-16,27-28H2,1-7H3/t29-,37-/m0/s1. The molecule has 0 aliphatic heterocycles. The molecule has 0 saturated carbocycles.